The lowest BCUT2D eigenvalue weighted by molar-refractivity contribution is -0.115. The van der Waals surface area contributed by atoms with Gasteiger partial charge in [-0.1, -0.05) is 12.1 Å². The topological polar surface area (TPSA) is 91.6 Å². The van der Waals surface area contributed by atoms with Gasteiger partial charge in [0.15, 0.2) is 5.11 Å². The van der Waals surface area contributed by atoms with Crippen molar-refractivity contribution < 1.29 is 19.1 Å². The number of rotatable bonds is 3. The number of furan rings is 1. The molecule has 22 heavy (non-hydrogen) atoms. The monoisotopic (exact) mass is 314 g/mol. The third-order valence-corrected chi connectivity index (χ3v) is 3.25. The van der Waals surface area contributed by atoms with Gasteiger partial charge in [0.05, 0.1) is 5.56 Å². The Morgan fingerprint density at radius 1 is 1.14 bits per heavy atom. The van der Waals surface area contributed by atoms with Crippen LogP contribution in [0.1, 0.15) is 16.1 Å². The lowest BCUT2D eigenvalue weighted by Gasteiger charge is -1.98. The molecule has 0 bridgehead atoms. The summed E-state index contributed by atoms with van der Waals surface area (Å²) in [6.45, 7) is 0. The fourth-order valence-corrected chi connectivity index (χ4v) is 2.19. The van der Waals surface area contributed by atoms with Crippen LogP contribution in [0.2, 0.25) is 0 Å². The van der Waals surface area contributed by atoms with Crippen molar-refractivity contribution in [3.05, 3.63) is 53.4 Å². The summed E-state index contributed by atoms with van der Waals surface area (Å²) in [5.74, 6) is -0.233. The van der Waals surface area contributed by atoms with E-state index in [4.69, 9.17) is 21.7 Å². The molecular weight excluding hydrogens is 304 g/mol. The molecule has 3 N–H and O–H groups in total. The van der Waals surface area contributed by atoms with Crippen molar-refractivity contribution >= 4 is 35.3 Å². The highest BCUT2D eigenvalue weighted by Crippen LogP contribution is 2.24. The van der Waals surface area contributed by atoms with Gasteiger partial charge in [-0.3, -0.25) is 10.1 Å². The van der Waals surface area contributed by atoms with E-state index in [1.54, 1.807) is 30.3 Å². The highest BCUT2D eigenvalue weighted by atomic mass is 32.1. The molecule has 0 saturated carbocycles. The van der Waals surface area contributed by atoms with E-state index in [1.807, 2.05) is 0 Å². The van der Waals surface area contributed by atoms with E-state index >= 15 is 0 Å². The zero-order chi connectivity index (χ0) is 15.7. The van der Waals surface area contributed by atoms with Crippen molar-refractivity contribution in [3.8, 4) is 11.3 Å². The van der Waals surface area contributed by atoms with Crippen LogP contribution in [0.25, 0.3) is 17.4 Å². The molecule has 0 radical (unpaired) electrons. The van der Waals surface area contributed by atoms with Gasteiger partial charge in [0, 0.05) is 11.6 Å². The van der Waals surface area contributed by atoms with Gasteiger partial charge in [-0.05, 0) is 36.5 Å². The molecular formula is C15H10N2O4S. The van der Waals surface area contributed by atoms with Crippen LogP contribution in [0.5, 0.6) is 0 Å². The number of hydrogen-bond donors (Lipinski definition) is 3. The van der Waals surface area contributed by atoms with Gasteiger partial charge in [-0.2, -0.15) is 0 Å². The van der Waals surface area contributed by atoms with Gasteiger partial charge < -0.3 is 14.8 Å². The Kier molecular flexibility index (Phi) is 3.48. The first-order valence-electron chi connectivity index (χ1n) is 6.30. The standard InChI is InChI=1S/C15H10N2O4S/c18-13-11(16-15(22)17-13)7-10-5-6-12(21-10)8-1-3-9(4-2-8)14(19)20/h1-7H,(H,19,20)(H2,16,17,18,22). The Balaban J connectivity index is 1.85. The number of benzene rings is 1. The van der Waals surface area contributed by atoms with Crippen molar-refractivity contribution in [3.63, 3.8) is 0 Å². The van der Waals surface area contributed by atoms with Crippen LogP contribution in [-0.4, -0.2) is 22.1 Å². The predicted molar refractivity (Wildman–Crippen MR) is 83.0 cm³/mol. The Hall–Kier alpha value is -2.93. The highest BCUT2D eigenvalue weighted by Gasteiger charge is 2.20. The molecule has 0 atom stereocenters. The number of carbonyl (C=O) groups excluding carboxylic acids is 1. The molecule has 0 aliphatic carbocycles. The van der Waals surface area contributed by atoms with Crippen molar-refractivity contribution in [2.45, 2.75) is 0 Å². The number of carboxylic acids is 1. The second-order valence-corrected chi connectivity index (χ2v) is 4.96. The fourth-order valence-electron chi connectivity index (χ4n) is 1.99. The summed E-state index contributed by atoms with van der Waals surface area (Å²) in [7, 11) is 0. The number of thiocarbonyl (C=S) groups is 1. The zero-order valence-electron chi connectivity index (χ0n) is 11.1. The Bertz CT molecular complexity index is 805. The number of carbonyl (C=O) groups is 2. The molecule has 1 aromatic heterocycles. The minimum atomic E-state index is -0.981. The molecule has 2 aromatic rings. The van der Waals surface area contributed by atoms with Crippen LogP contribution in [0.15, 0.2) is 46.5 Å². The summed E-state index contributed by atoms with van der Waals surface area (Å²) in [6.07, 6.45) is 1.55. The summed E-state index contributed by atoms with van der Waals surface area (Å²) in [6, 6.07) is 9.78. The Morgan fingerprint density at radius 3 is 2.45 bits per heavy atom. The minimum absolute atomic E-state index is 0.206. The zero-order valence-corrected chi connectivity index (χ0v) is 11.9. The molecule has 1 aromatic carbocycles. The maximum absolute atomic E-state index is 11.5. The minimum Gasteiger partial charge on any atom is -0.478 e. The van der Waals surface area contributed by atoms with Gasteiger partial charge in [0.1, 0.15) is 17.2 Å². The first-order chi connectivity index (χ1) is 10.5. The Labute approximate surface area is 130 Å². The summed E-state index contributed by atoms with van der Waals surface area (Å²) in [5, 5.41) is 14.3. The lowest BCUT2D eigenvalue weighted by Crippen LogP contribution is -2.21. The molecule has 1 aliphatic rings. The molecule has 0 spiro atoms. The van der Waals surface area contributed by atoms with Gasteiger partial charge in [-0.15, -0.1) is 0 Å². The van der Waals surface area contributed by atoms with Gasteiger partial charge in [0.25, 0.3) is 5.91 Å². The third kappa shape index (κ3) is 2.75. The van der Waals surface area contributed by atoms with Crippen molar-refractivity contribution in [2.75, 3.05) is 0 Å². The van der Waals surface area contributed by atoms with Crippen LogP contribution in [-0.2, 0) is 4.79 Å². The first-order valence-corrected chi connectivity index (χ1v) is 6.71. The predicted octanol–water partition coefficient (Wildman–Crippen LogP) is 1.99. The number of hydrogen-bond acceptors (Lipinski definition) is 4. The van der Waals surface area contributed by atoms with Crippen LogP contribution in [0.4, 0.5) is 0 Å². The van der Waals surface area contributed by atoms with Gasteiger partial charge in [-0.25, -0.2) is 4.79 Å². The second kappa shape index (κ2) is 5.45. The summed E-state index contributed by atoms with van der Waals surface area (Å²) in [5.41, 5.74) is 1.26. The summed E-state index contributed by atoms with van der Waals surface area (Å²) >= 11 is 4.84. The normalized spacial score (nSPS) is 15.7. The Morgan fingerprint density at radius 2 is 1.86 bits per heavy atom. The maximum atomic E-state index is 11.5. The van der Waals surface area contributed by atoms with Crippen LogP contribution < -0.4 is 10.6 Å². The van der Waals surface area contributed by atoms with E-state index in [1.165, 1.54) is 12.1 Å². The number of amides is 1. The average Bonchev–Trinajstić information content (AvgIpc) is 3.06. The molecule has 7 heteroatoms. The van der Waals surface area contributed by atoms with E-state index in [0.717, 1.165) is 5.56 Å². The van der Waals surface area contributed by atoms with Crippen molar-refractivity contribution in [2.24, 2.45) is 0 Å². The summed E-state index contributed by atoms with van der Waals surface area (Å²) < 4.78 is 5.63. The molecule has 1 aliphatic heterocycles. The van der Waals surface area contributed by atoms with Gasteiger partial charge >= 0.3 is 5.97 Å². The van der Waals surface area contributed by atoms with E-state index in [2.05, 4.69) is 10.6 Å². The first kappa shape index (κ1) is 14.0. The van der Waals surface area contributed by atoms with E-state index in [9.17, 15) is 9.59 Å². The molecule has 1 saturated heterocycles. The molecule has 110 valence electrons. The molecule has 2 heterocycles. The molecule has 0 unspecified atom stereocenters. The van der Waals surface area contributed by atoms with Gasteiger partial charge in [0.2, 0.25) is 0 Å². The van der Waals surface area contributed by atoms with Crippen LogP contribution in [0.3, 0.4) is 0 Å². The number of carboxylic acid groups (broad SMARTS) is 1. The fraction of sp³-hybridized carbons (Fsp3) is 0. The van der Waals surface area contributed by atoms with Crippen LogP contribution >= 0.6 is 12.2 Å². The van der Waals surface area contributed by atoms with E-state index in [-0.39, 0.29) is 16.6 Å². The van der Waals surface area contributed by atoms with E-state index in [0.29, 0.717) is 17.2 Å². The number of nitrogens with one attached hydrogen (secondary N) is 2. The van der Waals surface area contributed by atoms with Crippen LogP contribution in [0, 0.1) is 0 Å². The van der Waals surface area contributed by atoms with Crippen molar-refractivity contribution in [1.82, 2.24) is 10.6 Å². The largest absolute Gasteiger partial charge is 0.478 e. The molecule has 6 nitrogen and oxygen atoms in total. The average molecular weight is 314 g/mol. The third-order valence-electron chi connectivity index (χ3n) is 3.05. The molecule has 3 rings (SSSR count). The number of aromatic carboxylic acids is 1. The second-order valence-electron chi connectivity index (χ2n) is 4.55. The SMILES string of the molecule is O=C1NC(=S)NC1=Cc1ccc(-c2ccc(C(=O)O)cc2)o1. The van der Waals surface area contributed by atoms with E-state index < -0.39 is 5.97 Å². The lowest BCUT2D eigenvalue weighted by atomic mass is 10.1. The highest BCUT2D eigenvalue weighted by molar-refractivity contribution is 7.80. The maximum Gasteiger partial charge on any atom is 0.335 e. The molecule has 1 amide bonds. The summed E-state index contributed by atoms with van der Waals surface area (Å²) in [4.78, 5) is 22.4. The quantitative estimate of drug-likeness (QED) is 0.593. The molecule has 1 fully saturated rings. The van der Waals surface area contributed by atoms with Crippen molar-refractivity contribution in [1.29, 1.82) is 0 Å². The smallest absolute Gasteiger partial charge is 0.335 e.